The Morgan fingerprint density at radius 2 is 1.79 bits per heavy atom. The first-order valence-electron chi connectivity index (χ1n) is 9.20. The second-order valence-electron chi connectivity index (χ2n) is 6.64. The predicted octanol–water partition coefficient (Wildman–Crippen LogP) is 5.43. The summed E-state index contributed by atoms with van der Waals surface area (Å²) in [5, 5.41) is 2.98. The minimum atomic E-state index is -0.619. The van der Waals surface area contributed by atoms with Crippen LogP contribution in [0, 0.1) is 5.95 Å². The van der Waals surface area contributed by atoms with Crippen molar-refractivity contribution in [3.8, 4) is 11.1 Å². The molecule has 3 aromatic rings. The Morgan fingerprint density at radius 3 is 2.48 bits per heavy atom. The number of amides is 1. The van der Waals surface area contributed by atoms with Crippen LogP contribution in [0.25, 0.3) is 17.2 Å². The molecule has 4 nitrogen and oxygen atoms in total. The summed E-state index contributed by atoms with van der Waals surface area (Å²) in [6, 6.07) is 17.8. The topological polar surface area (TPSA) is 51.2 Å². The van der Waals surface area contributed by atoms with Crippen LogP contribution in [0.3, 0.4) is 0 Å². The van der Waals surface area contributed by atoms with Crippen molar-refractivity contribution in [2.45, 2.75) is 5.92 Å². The van der Waals surface area contributed by atoms with Crippen molar-refractivity contribution in [3.63, 3.8) is 0 Å². The number of nitrogens with one attached hydrogen (secondary N) is 1. The zero-order valence-corrected chi connectivity index (χ0v) is 16.2. The maximum atomic E-state index is 13.6. The first-order chi connectivity index (χ1) is 14.1. The minimum absolute atomic E-state index is 0.00956. The van der Waals surface area contributed by atoms with E-state index in [0.717, 1.165) is 11.1 Å². The summed E-state index contributed by atoms with van der Waals surface area (Å²) in [7, 11) is 0. The molecule has 6 heteroatoms. The van der Waals surface area contributed by atoms with E-state index >= 15 is 0 Å². The number of benzene rings is 2. The Bertz CT molecular complexity index is 1040. The van der Waals surface area contributed by atoms with E-state index in [-0.39, 0.29) is 24.6 Å². The standard InChI is InChI=1S/C23H18ClFN2O2/c24-16-12-15(22(25)27-13-16)6-5-11-26-23(28)29-14-21-19-9-3-1-7-17(19)18-8-2-4-10-20(18)21/h1-10,12-13,21H,11,14H2,(H,26,28). The summed E-state index contributed by atoms with van der Waals surface area (Å²) in [4.78, 5) is 15.6. The first kappa shape index (κ1) is 19.2. The number of carbonyl (C=O) groups is 1. The van der Waals surface area contributed by atoms with E-state index < -0.39 is 12.0 Å². The lowest BCUT2D eigenvalue weighted by atomic mass is 9.98. The summed E-state index contributed by atoms with van der Waals surface area (Å²) >= 11 is 5.80. The molecule has 1 aliphatic rings. The van der Waals surface area contributed by atoms with Gasteiger partial charge < -0.3 is 10.1 Å². The molecule has 0 aliphatic heterocycles. The van der Waals surface area contributed by atoms with E-state index in [0.29, 0.717) is 5.02 Å². The molecule has 1 heterocycles. The van der Waals surface area contributed by atoms with Crippen LogP contribution in [-0.2, 0) is 4.74 Å². The highest BCUT2D eigenvalue weighted by molar-refractivity contribution is 6.30. The molecule has 0 unspecified atom stereocenters. The smallest absolute Gasteiger partial charge is 0.407 e. The minimum Gasteiger partial charge on any atom is -0.449 e. The Hall–Kier alpha value is -3.18. The maximum Gasteiger partial charge on any atom is 0.407 e. The van der Waals surface area contributed by atoms with Gasteiger partial charge in [0.25, 0.3) is 0 Å². The number of fused-ring (bicyclic) bond motifs is 3. The average molecular weight is 409 g/mol. The Balaban J connectivity index is 1.34. The number of hydrogen-bond donors (Lipinski definition) is 1. The highest BCUT2D eigenvalue weighted by Gasteiger charge is 2.28. The van der Waals surface area contributed by atoms with E-state index in [4.69, 9.17) is 16.3 Å². The third-order valence-corrected chi connectivity index (χ3v) is 5.04. The number of ether oxygens (including phenoxy) is 1. The molecule has 0 radical (unpaired) electrons. The quantitative estimate of drug-likeness (QED) is 0.573. The number of halogens is 2. The van der Waals surface area contributed by atoms with E-state index in [1.165, 1.54) is 29.5 Å². The summed E-state index contributed by atoms with van der Waals surface area (Å²) in [6.45, 7) is 0.443. The van der Waals surface area contributed by atoms with Gasteiger partial charge in [0.15, 0.2) is 0 Å². The zero-order valence-electron chi connectivity index (χ0n) is 15.4. The Kier molecular flexibility index (Phi) is 5.58. The summed E-state index contributed by atoms with van der Waals surface area (Å²) in [5.74, 6) is -0.609. The van der Waals surface area contributed by atoms with Crippen LogP contribution in [0.2, 0.25) is 5.02 Å². The van der Waals surface area contributed by atoms with Crippen molar-refractivity contribution < 1.29 is 13.9 Å². The van der Waals surface area contributed by atoms with Gasteiger partial charge >= 0.3 is 6.09 Å². The zero-order chi connectivity index (χ0) is 20.2. The van der Waals surface area contributed by atoms with Gasteiger partial charge in [0.2, 0.25) is 5.95 Å². The molecule has 0 bridgehead atoms. The molecule has 0 saturated carbocycles. The number of carbonyl (C=O) groups excluding carboxylic acids is 1. The molecule has 0 fully saturated rings. The number of nitrogens with zero attached hydrogens (tertiary/aromatic N) is 1. The fourth-order valence-corrected chi connectivity index (χ4v) is 3.70. The maximum absolute atomic E-state index is 13.6. The summed E-state index contributed by atoms with van der Waals surface area (Å²) < 4.78 is 19.0. The molecule has 0 saturated heterocycles. The van der Waals surface area contributed by atoms with Gasteiger partial charge in [0.05, 0.1) is 5.02 Å². The van der Waals surface area contributed by atoms with Gasteiger partial charge in [-0.25, -0.2) is 9.78 Å². The van der Waals surface area contributed by atoms with E-state index in [9.17, 15) is 9.18 Å². The van der Waals surface area contributed by atoms with E-state index in [2.05, 4.69) is 34.6 Å². The third-order valence-electron chi connectivity index (χ3n) is 4.84. The molecular weight excluding hydrogens is 391 g/mol. The van der Waals surface area contributed by atoms with Crippen molar-refractivity contribution in [2.24, 2.45) is 0 Å². The normalized spacial score (nSPS) is 12.6. The number of alkyl carbamates (subject to hydrolysis) is 1. The summed E-state index contributed by atoms with van der Waals surface area (Å²) in [5.41, 5.74) is 4.93. The molecular formula is C23H18ClFN2O2. The van der Waals surface area contributed by atoms with Gasteiger partial charge in [-0.05, 0) is 28.3 Å². The van der Waals surface area contributed by atoms with Gasteiger partial charge in [-0.2, -0.15) is 4.39 Å². The molecule has 0 spiro atoms. The van der Waals surface area contributed by atoms with Gasteiger partial charge in [-0.15, -0.1) is 0 Å². The molecule has 1 aromatic heterocycles. The third kappa shape index (κ3) is 4.15. The fourth-order valence-electron chi connectivity index (χ4n) is 3.53. The van der Waals surface area contributed by atoms with Gasteiger partial charge in [0.1, 0.15) is 6.61 Å². The van der Waals surface area contributed by atoms with Crippen molar-refractivity contribution in [1.82, 2.24) is 10.3 Å². The van der Waals surface area contributed by atoms with Gasteiger partial charge in [0, 0.05) is 24.2 Å². The number of pyridine rings is 1. The SMILES string of the molecule is O=C(NCC=Cc1cc(Cl)cnc1F)OCC1c2ccccc2-c2ccccc21. The highest BCUT2D eigenvalue weighted by Crippen LogP contribution is 2.44. The molecule has 29 heavy (non-hydrogen) atoms. The second-order valence-corrected chi connectivity index (χ2v) is 7.08. The van der Waals surface area contributed by atoms with Crippen LogP contribution in [0.5, 0.6) is 0 Å². The van der Waals surface area contributed by atoms with Crippen molar-refractivity contribution in [3.05, 3.63) is 94.5 Å². The monoisotopic (exact) mass is 408 g/mol. The molecule has 2 aromatic carbocycles. The van der Waals surface area contributed by atoms with Crippen molar-refractivity contribution in [1.29, 1.82) is 0 Å². The van der Waals surface area contributed by atoms with Crippen LogP contribution in [0.15, 0.2) is 66.9 Å². The van der Waals surface area contributed by atoms with Crippen LogP contribution in [0.4, 0.5) is 9.18 Å². The number of rotatable bonds is 5. The molecule has 1 aliphatic carbocycles. The lowest BCUT2D eigenvalue weighted by molar-refractivity contribution is 0.144. The number of hydrogen-bond acceptors (Lipinski definition) is 3. The molecule has 0 atom stereocenters. The van der Waals surface area contributed by atoms with Gasteiger partial charge in [-0.1, -0.05) is 72.3 Å². The lowest BCUT2D eigenvalue weighted by Gasteiger charge is -2.14. The van der Waals surface area contributed by atoms with Gasteiger partial charge in [-0.3, -0.25) is 0 Å². The molecule has 1 amide bonds. The summed E-state index contributed by atoms with van der Waals surface area (Å²) in [6.07, 6.45) is 3.83. The highest BCUT2D eigenvalue weighted by atomic mass is 35.5. The fraction of sp³-hybridized carbons (Fsp3) is 0.130. The average Bonchev–Trinajstić information content (AvgIpc) is 3.06. The van der Waals surface area contributed by atoms with E-state index in [1.807, 2.05) is 24.3 Å². The van der Waals surface area contributed by atoms with Crippen LogP contribution in [0.1, 0.15) is 22.6 Å². The Morgan fingerprint density at radius 1 is 1.14 bits per heavy atom. The van der Waals surface area contributed by atoms with Crippen LogP contribution < -0.4 is 5.32 Å². The van der Waals surface area contributed by atoms with Crippen LogP contribution in [-0.4, -0.2) is 24.2 Å². The first-order valence-corrected chi connectivity index (χ1v) is 9.57. The number of aromatic nitrogens is 1. The second kappa shape index (κ2) is 8.45. The van der Waals surface area contributed by atoms with E-state index in [1.54, 1.807) is 6.08 Å². The molecule has 146 valence electrons. The predicted molar refractivity (Wildman–Crippen MR) is 111 cm³/mol. The Labute approximate surface area is 173 Å². The molecule has 4 rings (SSSR count). The van der Waals surface area contributed by atoms with Crippen molar-refractivity contribution in [2.75, 3.05) is 13.2 Å². The van der Waals surface area contributed by atoms with Crippen LogP contribution >= 0.6 is 11.6 Å². The largest absolute Gasteiger partial charge is 0.449 e. The molecule has 1 N–H and O–H groups in total. The lowest BCUT2D eigenvalue weighted by Crippen LogP contribution is -2.26. The van der Waals surface area contributed by atoms with Crippen molar-refractivity contribution >= 4 is 23.8 Å².